The van der Waals surface area contributed by atoms with Crippen molar-refractivity contribution in [1.82, 2.24) is 0 Å². The number of ether oxygens (including phenoxy) is 2. The van der Waals surface area contributed by atoms with Crippen molar-refractivity contribution in [3.05, 3.63) is 59.7 Å². The van der Waals surface area contributed by atoms with Gasteiger partial charge in [-0.25, -0.2) is 0 Å². The standard InChI is InChI=1S/C21H18N2O6/c22-19(25)11-23-16-4-2-1-3-15(16)21(27,20(23)26)10-14(24)7-5-13-6-8-17-18(9-13)29-12-28-17/h1-9,27H,10-12H2,(H2,22,25)/b7-5-/t21-/m0/s1. The molecule has 4 rings (SSSR count). The minimum absolute atomic E-state index is 0.151. The number of aliphatic hydroxyl groups is 1. The van der Waals surface area contributed by atoms with Gasteiger partial charge in [-0.1, -0.05) is 30.3 Å². The molecule has 0 aliphatic carbocycles. The summed E-state index contributed by atoms with van der Waals surface area (Å²) in [7, 11) is 0. The highest BCUT2D eigenvalue weighted by molar-refractivity contribution is 6.12. The first-order valence-electron chi connectivity index (χ1n) is 8.91. The third kappa shape index (κ3) is 3.34. The maximum absolute atomic E-state index is 12.8. The first kappa shape index (κ1) is 18.7. The molecule has 8 heteroatoms. The lowest BCUT2D eigenvalue weighted by Crippen LogP contribution is -2.44. The van der Waals surface area contributed by atoms with Crippen molar-refractivity contribution in [1.29, 1.82) is 0 Å². The number of allylic oxidation sites excluding steroid dienone is 1. The largest absolute Gasteiger partial charge is 0.454 e. The summed E-state index contributed by atoms with van der Waals surface area (Å²) >= 11 is 0. The van der Waals surface area contributed by atoms with E-state index in [0.717, 1.165) is 4.90 Å². The van der Waals surface area contributed by atoms with E-state index < -0.39 is 29.6 Å². The van der Waals surface area contributed by atoms with Crippen molar-refractivity contribution in [2.75, 3.05) is 18.2 Å². The molecule has 0 aromatic heterocycles. The molecule has 2 aliphatic rings. The van der Waals surface area contributed by atoms with E-state index in [4.69, 9.17) is 15.2 Å². The molecule has 8 nitrogen and oxygen atoms in total. The van der Waals surface area contributed by atoms with Gasteiger partial charge in [-0.3, -0.25) is 19.3 Å². The van der Waals surface area contributed by atoms with Gasteiger partial charge in [-0.05, 0) is 29.8 Å². The van der Waals surface area contributed by atoms with Gasteiger partial charge in [-0.15, -0.1) is 0 Å². The third-order valence-corrected chi connectivity index (χ3v) is 4.84. The van der Waals surface area contributed by atoms with Gasteiger partial charge in [0.05, 0.1) is 12.1 Å². The van der Waals surface area contributed by atoms with Crippen LogP contribution >= 0.6 is 0 Å². The summed E-state index contributed by atoms with van der Waals surface area (Å²) in [4.78, 5) is 37.8. The average Bonchev–Trinajstić information content (AvgIpc) is 3.24. The van der Waals surface area contributed by atoms with E-state index in [9.17, 15) is 19.5 Å². The van der Waals surface area contributed by atoms with Crippen molar-refractivity contribution < 1.29 is 29.0 Å². The van der Waals surface area contributed by atoms with Gasteiger partial charge in [0, 0.05) is 5.56 Å². The average molecular weight is 394 g/mol. The summed E-state index contributed by atoms with van der Waals surface area (Å²) in [6.07, 6.45) is 2.40. The van der Waals surface area contributed by atoms with Gasteiger partial charge in [0.25, 0.3) is 5.91 Å². The molecule has 0 bridgehead atoms. The molecule has 2 aliphatic heterocycles. The molecule has 2 aromatic rings. The van der Waals surface area contributed by atoms with Crippen LogP contribution in [0.2, 0.25) is 0 Å². The SMILES string of the molecule is NC(=O)CN1C(=O)[C@](O)(CC(=O)/C=C\c2ccc3c(c2)OCO3)c2ccccc21. The van der Waals surface area contributed by atoms with Gasteiger partial charge in [0.1, 0.15) is 6.54 Å². The van der Waals surface area contributed by atoms with E-state index in [1.54, 1.807) is 48.5 Å². The lowest BCUT2D eigenvalue weighted by atomic mass is 9.89. The number of carbonyl (C=O) groups excluding carboxylic acids is 3. The molecule has 0 saturated heterocycles. The van der Waals surface area contributed by atoms with Crippen LogP contribution in [0.3, 0.4) is 0 Å². The van der Waals surface area contributed by atoms with Crippen LogP contribution in [0, 0.1) is 0 Å². The van der Waals surface area contributed by atoms with Gasteiger partial charge in [-0.2, -0.15) is 0 Å². The third-order valence-electron chi connectivity index (χ3n) is 4.84. The number of nitrogens with two attached hydrogens (primary N) is 1. The van der Waals surface area contributed by atoms with Gasteiger partial charge in [0.15, 0.2) is 22.9 Å². The molecule has 3 N–H and O–H groups in total. The molecule has 0 unspecified atom stereocenters. The van der Waals surface area contributed by atoms with Crippen LogP contribution < -0.4 is 20.1 Å². The number of carbonyl (C=O) groups is 3. The fourth-order valence-corrected chi connectivity index (χ4v) is 3.51. The molecular weight excluding hydrogens is 376 g/mol. The van der Waals surface area contributed by atoms with Gasteiger partial charge < -0.3 is 20.3 Å². The Bertz CT molecular complexity index is 1050. The first-order valence-corrected chi connectivity index (χ1v) is 8.91. The summed E-state index contributed by atoms with van der Waals surface area (Å²) in [5, 5.41) is 11.1. The second-order valence-corrected chi connectivity index (χ2v) is 6.82. The fraction of sp³-hybridized carbons (Fsp3) is 0.190. The molecule has 29 heavy (non-hydrogen) atoms. The molecule has 1 atom stereocenters. The fourth-order valence-electron chi connectivity index (χ4n) is 3.51. The molecule has 0 fully saturated rings. The number of hydrogen-bond donors (Lipinski definition) is 2. The van der Waals surface area contributed by atoms with Crippen LogP contribution in [0.15, 0.2) is 48.5 Å². The summed E-state index contributed by atoms with van der Waals surface area (Å²) in [6.45, 7) is -0.225. The van der Waals surface area contributed by atoms with Crippen molar-refractivity contribution in [2.24, 2.45) is 5.73 Å². The van der Waals surface area contributed by atoms with E-state index in [1.165, 1.54) is 6.08 Å². The van der Waals surface area contributed by atoms with Crippen LogP contribution in [0.5, 0.6) is 11.5 Å². The quantitative estimate of drug-likeness (QED) is 0.709. The monoisotopic (exact) mass is 394 g/mol. The lowest BCUT2D eigenvalue weighted by Gasteiger charge is -2.21. The van der Waals surface area contributed by atoms with Crippen LogP contribution in [0.1, 0.15) is 17.5 Å². The number of ketones is 1. The van der Waals surface area contributed by atoms with Crippen LogP contribution in [0.4, 0.5) is 5.69 Å². The Labute approximate surface area is 166 Å². The van der Waals surface area contributed by atoms with Crippen LogP contribution in [-0.4, -0.2) is 36.0 Å². The Morgan fingerprint density at radius 2 is 1.93 bits per heavy atom. The predicted octanol–water partition coefficient (Wildman–Crippen LogP) is 1.11. The minimum atomic E-state index is -2.05. The first-order chi connectivity index (χ1) is 13.9. The molecule has 0 saturated carbocycles. The number of nitrogens with zero attached hydrogens (tertiary/aromatic N) is 1. The predicted molar refractivity (Wildman–Crippen MR) is 103 cm³/mol. The highest BCUT2D eigenvalue weighted by Crippen LogP contribution is 2.42. The van der Waals surface area contributed by atoms with Gasteiger partial charge >= 0.3 is 0 Å². The molecule has 2 aromatic carbocycles. The summed E-state index contributed by atoms with van der Waals surface area (Å²) in [5.41, 5.74) is 4.52. The number of anilines is 1. The number of amides is 2. The number of primary amides is 1. The van der Waals surface area contributed by atoms with Crippen molar-refractivity contribution >= 4 is 29.4 Å². The maximum Gasteiger partial charge on any atom is 0.264 e. The smallest absolute Gasteiger partial charge is 0.264 e. The summed E-state index contributed by atoms with van der Waals surface area (Å²) in [6, 6.07) is 11.7. The molecule has 2 amide bonds. The van der Waals surface area contributed by atoms with Crippen molar-refractivity contribution in [3.8, 4) is 11.5 Å². The zero-order valence-electron chi connectivity index (χ0n) is 15.3. The highest BCUT2D eigenvalue weighted by atomic mass is 16.7. The summed E-state index contributed by atoms with van der Waals surface area (Å²) < 4.78 is 10.5. The number of benzene rings is 2. The zero-order chi connectivity index (χ0) is 20.6. The Kier molecular flexibility index (Phi) is 4.56. The van der Waals surface area contributed by atoms with Crippen LogP contribution in [-0.2, 0) is 20.0 Å². The van der Waals surface area contributed by atoms with E-state index in [0.29, 0.717) is 22.7 Å². The number of para-hydroxylation sites is 1. The number of hydrogen-bond acceptors (Lipinski definition) is 6. The minimum Gasteiger partial charge on any atom is -0.454 e. The molecule has 2 heterocycles. The molecule has 148 valence electrons. The van der Waals surface area contributed by atoms with Crippen LogP contribution in [0.25, 0.3) is 6.08 Å². The Hall–Kier alpha value is -3.65. The summed E-state index contributed by atoms with van der Waals surface area (Å²) in [5.74, 6) is -0.700. The highest BCUT2D eigenvalue weighted by Gasteiger charge is 2.50. The number of fused-ring (bicyclic) bond motifs is 2. The molecule has 0 spiro atoms. The van der Waals surface area contributed by atoms with E-state index in [-0.39, 0.29) is 18.9 Å². The van der Waals surface area contributed by atoms with Gasteiger partial charge in [0.2, 0.25) is 12.7 Å². The number of rotatable bonds is 6. The van der Waals surface area contributed by atoms with E-state index in [1.807, 2.05) is 0 Å². The second kappa shape index (κ2) is 7.06. The van der Waals surface area contributed by atoms with E-state index in [2.05, 4.69) is 0 Å². The second-order valence-electron chi connectivity index (χ2n) is 6.82. The molecule has 0 radical (unpaired) electrons. The normalized spacial score (nSPS) is 19.6. The van der Waals surface area contributed by atoms with Crippen molar-refractivity contribution in [3.63, 3.8) is 0 Å². The Balaban J connectivity index is 1.55. The molecular formula is C21H18N2O6. The Morgan fingerprint density at radius 3 is 2.72 bits per heavy atom. The lowest BCUT2D eigenvalue weighted by molar-refractivity contribution is -0.141. The zero-order valence-corrected chi connectivity index (χ0v) is 15.3. The topological polar surface area (TPSA) is 119 Å². The van der Waals surface area contributed by atoms with Crippen molar-refractivity contribution in [2.45, 2.75) is 12.0 Å². The Morgan fingerprint density at radius 1 is 1.17 bits per heavy atom. The maximum atomic E-state index is 12.8. The van der Waals surface area contributed by atoms with E-state index >= 15 is 0 Å².